The third-order valence-electron chi connectivity index (χ3n) is 2.88. The molecule has 1 fully saturated rings. The molecule has 2 rings (SSSR count). The first-order valence-corrected chi connectivity index (χ1v) is 5.77. The molecule has 1 aliphatic heterocycles. The van der Waals surface area contributed by atoms with Crippen molar-refractivity contribution < 1.29 is 19.3 Å². The lowest BCUT2D eigenvalue weighted by molar-refractivity contribution is -0.142. The number of hydrogen-bond acceptors (Lipinski definition) is 4. The molecule has 0 radical (unpaired) electrons. The Kier molecular flexibility index (Phi) is 3.99. The molecule has 0 saturated carbocycles. The standard InChI is InChI=1S/C13H18O4/c1-9-7-12(13(14)17-9)16-8-10-3-5-11(15-2)6-4-10/h3-6,9,12-14H,7-8H2,1-2H3. The van der Waals surface area contributed by atoms with Crippen LogP contribution in [0, 0.1) is 0 Å². The predicted molar refractivity (Wildman–Crippen MR) is 62.7 cm³/mol. The van der Waals surface area contributed by atoms with Gasteiger partial charge in [-0.3, -0.25) is 0 Å². The van der Waals surface area contributed by atoms with Crippen molar-refractivity contribution in [1.82, 2.24) is 0 Å². The Hall–Kier alpha value is -1.10. The number of rotatable bonds is 4. The van der Waals surface area contributed by atoms with Crippen molar-refractivity contribution in [3.63, 3.8) is 0 Å². The van der Waals surface area contributed by atoms with Crippen molar-refractivity contribution in [2.45, 2.75) is 38.4 Å². The summed E-state index contributed by atoms with van der Waals surface area (Å²) in [5.74, 6) is 0.826. The molecule has 1 aliphatic rings. The van der Waals surface area contributed by atoms with Gasteiger partial charge in [0.15, 0.2) is 6.29 Å². The average molecular weight is 238 g/mol. The number of methoxy groups -OCH3 is 1. The molecule has 0 spiro atoms. The van der Waals surface area contributed by atoms with Gasteiger partial charge in [0, 0.05) is 6.42 Å². The molecule has 3 atom stereocenters. The summed E-state index contributed by atoms with van der Waals surface area (Å²) in [5, 5.41) is 9.55. The van der Waals surface area contributed by atoms with E-state index in [2.05, 4.69) is 0 Å². The maximum atomic E-state index is 9.55. The first-order chi connectivity index (χ1) is 8.19. The van der Waals surface area contributed by atoms with Crippen molar-refractivity contribution in [2.75, 3.05) is 7.11 Å². The molecule has 94 valence electrons. The minimum Gasteiger partial charge on any atom is -0.497 e. The highest BCUT2D eigenvalue weighted by atomic mass is 16.6. The number of ether oxygens (including phenoxy) is 3. The Bertz CT molecular complexity index is 349. The van der Waals surface area contributed by atoms with Gasteiger partial charge in [-0.05, 0) is 24.6 Å². The van der Waals surface area contributed by atoms with Crippen molar-refractivity contribution in [2.24, 2.45) is 0 Å². The van der Waals surface area contributed by atoms with E-state index in [9.17, 15) is 5.11 Å². The molecule has 0 bridgehead atoms. The topological polar surface area (TPSA) is 47.9 Å². The molecule has 0 aromatic heterocycles. The zero-order valence-electron chi connectivity index (χ0n) is 10.1. The summed E-state index contributed by atoms with van der Waals surface area (Å²) >= 11 is 0. The molecule has 1 aromatic carbocycles. The van der Waals surface area contributed by atoms with E-state index in [0.717, 1.165) is 17.7 Å². The zero-order valence-corrected chi connectivity index (χ0v) is 10.1. The van der Waals surface area contributed by atoms with Gasteiger partial charge >= 0.3 is 0 Å². The summed E-state index contributed by atoms with van der Waals surface area (Å²) in [6.45, 7) is 2.40. The lowest BCUT2D eigenvalue weighted by atomic mass is 10.2. The number of hydrogen-bond donors (Lipinski definition) is 1. The van der Waals surface area contributed by atoms with E-state index in [-0.39, 0.29) is 12.2 Å². The quantitative estimate of drug-likeness (QED) is 0.867. The van der Waals surface area contributed by atoms with Crippen molar-refractivity contribution in [3.8, 4) is 5.75 Å². The largest absolute Gasteiger partial charge is 0.497 e. The molecule has 4 nitrogen and oxygen atoms in total. The van der Waals surface area contributed by atoms with Crippen LogP contribution in [0.1, 0.15) is 18.9 Å². The van der Waals surface area contributed by atoms with Crippen LogP contribution < -0.4 is 4.74 Å². The monoisotopic (exact) mass is 238 g/mol. The second kappa shape index (κ2) is 5.49. The van der Waals surface area contributed by atoms with Gasteiger partial charge in [0.25, 0.3) is 0 Å². The fourth-order valence-electron chi connectivity index (χ4n) is 1.90. The van der Waals surface area contributed by atoms with E-state index in [1.54, 1.807) is 7.11 Å². The van der Waals surface area contributed by atoms with Gasteiger partial charge in [-0.1, -0.05) is 12.1 Å². The van der Waals surface area contributed by atoms with Gasteiger partial charge in [0.05, 0.1) is 19.8 Å². The van der Waals surface area contributed by atoms with E-state index in [0.29, 0.717) is 6.61 Å². The second-order valence-electron chi connectivity index (χ2n) is 4.27. The summed E-state index contributed by atoms with van der Waals surface area (Å²) in [6, 6.07) is 7.68. The third kappa shape index (κ3) is 3.19. The highest BCUT2D eigenvalue weighted by Crippen LogP contribution is 2.22. The van der Waals surface area contributed by atoms with E-state index >= 15 is 0 Å². The van der Waals surface area contributed by atoms with Gasteiger partial charge in [-0.2, -0.15) is 0 Å². The van der Waals surface area contributed by atoms with E-state index in [1.807, 2.05) is 31.2 Å². The van der Waals surface area contributed by atoms with E-state index in [1.165, 1.54) is 0 Å². The first-order valence-electron chi connectivity index (χ1n) is 5.77. The average Bonchev–Trinajstić information content (AvgIpc) is 2.66. The van der Waals surface area contributed by atoms with E-state index in [4.69, 9.17) is 14.2 Å². The smallest absolute Gasteiger partial charge is 0.181 e. The summed E-state index contributed by atoms with van der Waals surface area (Å²) in [4.78, 5) is 0. The SMILES string of the molecule is COc1ccc(COC2CC(C)OC2O)cc1. The molecule has 4 heteroatoms. The highest BCUT2D eigenvalue weighted by molar-refractivity contribution is 5.26. The normalized spacial score (nSPS) is 28.3. The predicted octanol–water partition coefficient (Wildman–Crippen LogP) is 1.71. The summed E-state index contributed by atoms with van der Waals surface area (Å²) < 4.78 is 15.9. The fraction of sp³-hybridized carbons (Fsp3) is 0.538. The van der Waals surface area contributed by atoms with Crippen LogP contribution in [0.2, 0.25) is 0 Å². The molecule has 1 heterocycles. The lowest BCUT2D eigenvalue weighted by Crippen LogP contribution is -2.23. The minimum absolute atomic E-state index is 0.0610. The Morgan fingerprint density at radius 1 is 1.35 bits per heavy atom. The molecular weight excluding hydrogens is 220 g/mol. The van der Waals surface area contributed by atoms with Crippen LogP contribution in [0.4, 0.5) is 0 Å². The Morgan fingerprint density at radius 3 is 2.59 bits per heavy atom. The lowest BCUT2D eigenvalue weighted by Gasteiger charge is -2.14. The van der Waals surface area contributed by atoms with Gasteiger partial charge in [0.1, 0.15) is 11.9 Å². The molecule has 3 unspecified atom stereocenters. The molecule has 1 aromatic rings. The molecule has 1 saturated heterocycles. The van der Waals surface area contributed by atoms with Crippen molar-refractivity contribution >= 4 is 0 Å². The molecule has 0 aliphatic carbocycles. The van der Waals surface area contributed by atoms with Crippen LogP contribution >= 0.6 is 0 Å². The van der Waals surface area contributed by atoms with Crippen molar-refractivity contribution in [1.29, 1.82) is 0 Å². The van der Waals surface area contributed by atoms with Gasteiger partial charge in [-0.25, -0.2) is 0 Å². The molecule has 0 amide bonds. The number of aliphatic hydroxyl groups excluding tert-OH is 1. The minimum atomic E-state index is -0.803. The Balaban J connectivity index is 1.85. The molecular formula is C13H18O4. The van der Waals surface area contributed by atoms with Crippen molar-refractivity contribution in [3.05, 3.63) is 29.8 Å². The Labute approximate surface area is 101 Å². The Morgan fingerprint density at radius 2 is 2.06 bits per heavy atom. The van der Waals surface area contributed by atoms with Crippen LogP contribution in [-0.2, 0) is 16.1 Å². The zero-order chi connectivity index (χ0) is 12.3. The maximum absolute atomic E-state index is 9.55. The maximum Gasteiger partial charge on any atom is 0.181 e. The number of aliphatic hydroxyl groups is 1. The summed E-state index contributed by atoms with van der Waals surface area (Å²) in [7, 11) is 1.64. The molecule has 17 heavy (non-hydrogen) atoms. The summed E-state index contributed by atoms with van der Waals surface area (Å²) in [6.07, 6.45) is -0.238. The molecule has 1 N–H and O–H groups in total. The van der Waals surface area contributed by atoms with Crippen LogP contribution in [-0.4, -0.2) is 30.7 Å². The second-order valence-corrected chi connectivity index (χ2v) is 4.27. The highest BCUT2D eigenvalue weighted by Gasteiger charge is 2.31. The van der Waals surface area contributed by atoms with E-state index < -0.39 is 6.29 Å². The summed E-state index contributed by atoms with van der Waals surface area (Å²) in [5.41, 5.74) is 1.05. The van der Waals surface area contributed by atoms with Crippen LogP contribution in [0.5, 0.6) is 5.75 Å². The van der Waals surface area contributed by atoms with Gasteiger partial charge in [0.2, 0.25) is 0 Å². The number of benzene rings is 1. The first kappa shape index (κ1) is 12.4. The van der Waals surface area contributed by atoms with Crippen LogP contribution in [0.15, 0.2) is 24.3 Å². The van der Waals surface area contributed by atoms with Gasteiger partial charge in [-0.15, -0.1) is 0 Å². The fourth-order valence-corrected chi connectivity index (χ4v) is 1.90. The van der Waals surface area contributed by atoms with Gasteiger partial charge < -0.3 is 19.3 Å². The third-order valence-corrected chi connectivity index (χ3v) is 2.88. The van der Waals surface area contributed by atoms with Crippen LogP contribution in [0.3, 0.4) is 0 Å². The van der Waals surface area contributed by atoms with Crippen LogP contribution in [0.25, 0.3) is 0 Å².